The summed E-state index contributed by atoms with van der Waals surface area (Å²) in [6, 6.07) is 9.95. The molecule has 0 atom stereocenters. The maximum Gasteiger partial charge on any atom is 0.302 e. The normalized spacial score (nSPS) is 8.73. The molecule has 0 amide bonds. The van der Waals surface area contributed by atoms with Gasteiger partial charge in [-0.3, -0.25) is 4.79 Å². The van der Waals surface area contributed by atoms with Crippen molar-refractivity contribution in [1.29, 1.82) is 0 Å². The van der Waals surface area contributed by atoms with E-state index in [-0.39, 0.29) is 12.6 Å². The fourth-order valence-electron chi connectivity index (χ4n) is 0.957. The number of carbonyl (C=O) groups excluding carboxylic acids is 1. The van der Waals surface area contributed by atoms with Gasteiger partial charge in [0.05, 0.1) is 6.61 Å². The Morgan fingerprint density at radius 1 is 1.33 bits per heavy atom. The van der Waals surface area contributed by atoms with Gasteiger partial charge in [0, 0.05) is 20.0 Å². The SMILES string of the molecule is CC(=O)OCCc1ccccc1.CCO. The van der Waals surface area contributed by atoms with E-state index in [1.165, 1.54) is 12.5 Å². The van der Waals surface area contributed by atoms with E-state index in [2.05, 4.69) is 0 Å². The fourth-order valence-corrected chi connectivity index (χ4v) is 0.957. The molecule has 3 heteroatoms. The first kappa shape index (κ1) is 13.7. The van der Waals surface area contributed by atoms with Crippen LogP contribution in [0.15, 0.2) is 30.3 Å². The van der Waals surface area contributed by atoms with Gasteiger partial charge in [0.15, 0.2) is 0 Å². The zero-order valence-electron chi connectivity index (χ0n) is 9.27. The van der Waals surface area contributed by atoms with Crippen molar-refractivity contribution in [3.05, 3.63) is 35.9 Å². The number of benzene rings is 1. The topological polar surface area (TPSA) is 46.5 Å². The Hall–Kier alpha value is -1.35. The van der Waals surface area contributed by atoms with Crippen LogP contribution in [-0.4, -0.2) is 24.3 Å². The lowest BCUT2D eigenvalue weighted by atomic mass is 10.2. The molecule has 15 heavy (non-hydrogen) atoms. The highest BCUT2D eigenvalue weighted by Crippen LogP contribution is 1.99. The first-order valence-electron chi connectivity index (χ1n) is 4.98. The van der Waals surface area contributed by atoms with E-state index in [1.807, 2.05) is 30.3 Å². The maximum atomic E-state index is 10.4. The summed E-state index contributed by atoms with van der Waals surface area (Å²) in [5, 5.41) is 7.57. The van der Waals surface area contributed by atoms with Crippen LogP contribution in [0.4, 0.5) is 0 Å². The highest BCUT2D eigenvalue weighted by atomic mass is 16.5. The van der Waals surface area contributed by atoms with Crippen molar-refractivity contribution in [1.82, 2.24) is 0 Å². The zero-order chi connectivity index (χ0) is 11.5. The van der Waals surface area contributed by atoms with Gasteiger partial charge in [-0.1, -0.05) is 30.3 Å². The number of rotatable bonds is 3. The number of aliphatic hydroxyl groups is 1. The lowest BCUT2D eigenvalue weighted by Gasteiger charge is -2.00. The van der Waals surface area contributed by atoms with E-state index in [4.69, 9.17) is 9.84 Å². The zero-order valence-corrected chi connectivity index (χ0v) is 9.27. The average molecular weight is 210 g/mol. The minimum atomic E-state index is -0.217. The molecule has 0 aromatic heterocycles. The summed E-state index contributed by atoms with van der Waals surface area (Å²) in [5.41, 5.74) is 1.19. The number of esters is 1. The van der Waals surface area contributed by atoms with Crippen molar-refractivity contribution in [2.75, 3.05) is 13.2 Å². The van der Waals surface area contributed by atoms with Crippen LogP contribution in [-0.2, 0) is 16.0 Å². The lowest BCUT2D eigenvalue weighted by Crippen LogP contribution is -2.02. The summed E-state index contributed by atoms with van der Waals surface area (Å²) in [4.78, 5) is 10.4. The standard InChI is InChI=1S/C10H12O2.C2H6O/c1-9(11)12-8-7-10-5-3-2-4-6-10;1-2-3/h2-6H,7-8H2,1H3;3H,2H2,1H3. The second-order valence-electron chi connectivity index (χ2n) is 2.89. The smallest absolute Gasteiger partial charge is 0.302 e. The first-order valence-corrected chi connectivity index (χ1v) is 4.98. The molecule has 0 unspecified atom stereocenters. The number of aliphatic hydroxyl groups excluding tert-OH is 1. The summed E-state index contributed by atoms with van der Waals surface area (Å²) >= 11 is 0. The van der Waals surface area contributed by atoms with Crippen LogP contribution in [0.2, 0.25) is 0 Å². The third-order valence-electron chi connectivity index (χ3n) is 1.54. The Morgan fingerprint density at radius 3 is 2.33 bits per heavy atom. The van der Waals surface area contributed by atoms with Crippen LogP contribution >= 0.6 is 0 Å². The molecule has 0 radical (unpaired) electrons. The molecule has 1 N–H and O–H groups in total. The molecule has 0 aliphatic carbocycles. The third kappa shape index (κ3) is 8.97. The maximum absolute atomic E-state index is 10.4. The molecule has 0 fully saturated rings. The van der Waals surface area contributed by atoms with E-state index in [1.54, 1.807) is 6.92 Å². The number of carbonyl (C=O) groups is 1. The Kier molecular flexibility index (Phi) is 8.39. The Balaban J connectivity index is 0.000000583. The predicted octanol–water partition coefficient (Wildman–Crippen LogP) is 1.79. The van der Waals surface area contributed by atoms with Gasteiger partial charge in [0.25, 0.3) is 0 Å². The monoisotopic (exact) mass is 210 g/mol. The van der Waals surface area contributed by atoms with Crippen LogP contribution in [0.1, 0.15) is 19.4 Å². The molecule has 1 aromatic rings. The molecule has 0 bridgehead atoms. The largest absolute Gasteiger partial charge is 0.466 e. The average Bonchev–Trinajstić information content (AvgIpc) is 2.20. The molecule has 1 rings (SSSR count). The van der Waals surface area contributed by atoms with Gasteiger partial charge in [-0.2, -0.15) is 0 Å². The van der Waals surface area contributed by atoms with Crippen LogP contribution in [0.3, 0.4) is 0 Å². The van der Waals surface area contributed by atoms with E-state index >= 15 is 0 Å². The molecular formula is C12H18O3. The van der Waals surface area contributed by atoms with E-state index in [0.717, 1.165) is 6.42 Å². The Morgan fingerprint density at radius 2 is 1.87 bits per heavy atom. The van der Waals surface area contributed by atoms with Crippen molar-refractivity contribution >= 4 is 5.97 Å². The molecule has 0 heterocycles. The molecule has 1 aromatic carbocycles. The van der Waals surface area contributed by atoms with Gasteiger partial charge >= 0.3 is 5.97 Å². The molecule has 84 valence electrons. The summed E-state index contributed by atoms with van der Waals surface area (Å²) in [5.74, 6) is -0.217. The molecule has 0 saturated heterocycles. The van der Waals surface area contributed by atoms with Gasteiger partial charge in [-0.15, -0.1) is 0 Å². The molecule has 0 aliphatic heterocycles. The van der Waals surface area contributed by atoms with Crippen LogP contribution in [0.5, 0.6) is 0 Å². The highest BCUT2D eigenvalue weighted by Gasteiger charge is 1.93. The van der Waals surface area contributed by atoms with Gasteiger partial charge in [-0.25, -0.2) is 0 Å². The molecule has 0 spiro atoms. The highest BCUT2D eigenvalue weighted by molar-refractivity contribution is 5.65. The summed E-state index contributed by atoms with van der Waals surface area (Å²) in [6.07, 6.45) is 0.792. The van der Waals surface area contributed by atoms with Crippen molar-refractivity contribution in [2.24, 2.45) is 0 Å². The lowest BCUT2D eigenvalue weighted by molar-refractivity contribution is -0.140. The van der Waals surface area contributed by atoms with Gasteiger partial charge < -0.3 is 9.84 Å². The molecule has 3 nitrogen and oxygen atoms in total. The second kappa shape index (κ2) is 9.21. The van der Waals surface area contributed by atoms with Crippen molar-refractivity contribution in [3.63, 3.8) is 0 Å². The number of ether oxygens (including phenoxy) is 1. The summed E-state index contributed by atoms with van der Waals surface area (Å²) < 4.78 is 4.81. The second-order valence-corrected chi connectivity index (χ2v) is 2.89. The first-order chi connectivity index (χ1) is 7.20. The fraction of sp³-hybridized carbons (Fsp3) is 0.417. The number of hydrogen-bond acceptors (Lipinski definition) is 3. The summed E-state index contributed by atoms with van der Waals surface area (Å²) in [7, 11) is 0. The van der Waals surface area contributed by atoms with Crippen molar-refractivity contribution < 1.29 is 14.6 Å². The molecule has 0 saturated carbocycles. The van der Waals surface area contributed by atoms with Crippen LogP contribution < -0.4 is 0 Å². The quantitative estimate of drug-likeness (QED) is 0.774. The van der Waals surface area contributed by atoms with E-state index in [9.17, 15) is 4.79 Å². The summed E-state index contributed by atoms with van der Waals surface area (Å²) in [6.45, 7) is 3.82. The van der Waals surface area contributed by atoms with E-state index in [0.29, 0.717) is 6.61 Å². The van der Waals surface area contributed by atoms with Crippen LogP contribution in [0, 0.1) is 0 Å². The third-order valence-corrected chi connectivity index (χ3v) is 1.54. The van der Waals surface area contributed by atoms with Crippen molar-refractivity contribution in [3.8, 4) is 0 Å². The van der Waals surface area contributed by atoms with Gasteiger partial charge in [0.2, 0.25) is 0 Å². The Bertz CT molecular complexity index is 257. The molecular weight excluding hydrogens is 192 g/mol. The number of hydrogen-bond donors (Lipinski definition) is 1. The minimum Gasteiger partial charge on any atom is -0.466 e. The molecule has 0 aliphatic rings. The predicted molar refractivity (Wildman–Crippen MR) is 59.5 cm³/mol. The van der Waals surface area contributed by atoms with Crippen molar-refractivity contribution in [2.45, 2.75) is 20.3 Å². The van der Waals surface area contributed by atoms with Gasteiger partial charge in [0.1, 0.15) is 0 Å². The minimum absolute atomic E-state index is 0.217. The van der Waals surface area contributed by atoms with Crippen LogP contribution in [0.25, 0.3) is 0 Å². The van der Waals surface area contributed by atoms with E-state index < -0.39 is 0 Å². The van der Waals surface area contributed by atoms with Gasteiger partial charge in [-0.05, 0) is 12.5 Å². The Labute approximate surface area is 90.7 Å².